The van der Waals surface area contributed by atoms with Gasteiger partial charge in [0.1, 0.15) is 11.2 Å². The topological polar surface area (TPSA) is 21.3 Å². The second-order valence-electron chi connectivity index (χ2n) is 14.2. The summed E-state index contributed by atoms with van der Waals surface area (Å²) in [4.78, 5) is 2.35. The van der Waals surface area contributed by atoms with Crippen molar-refractivity contribution in [1.29, 1.82) is 0 Å². The summed E-state index contributed by atoms with van der Waals surface area (Å²) in [6, 6.07) is 74.0. The van der Waals surface area contributed by atoms with E-state index in [4.69, 9.17) is 4.42 Å². The van der Waals surface area contributed by atoms with Crippen LogP contribution in [0.2, 0.25) is 0 Å². The lowest BCUT2D eigenvalue weighted by molar-refractivity contribution is 0.669. The smallest absolute Gasteiger partial charge is 0.135 e. The maximum atomic E-state index is 6.22. The van der Waals surface area contributed by atoms with Crippen LogP contribution in [0.15, 0.2) is 211 Å². The third-order valence-corrected chi connectivity index (χ3v) is 11.0. The van der Waals surface area contributed by atoms with Crippen molar-refractivity contribution in [2.24, 2.45) is 0 Å². The van der Waals surface area contributed by atoms with Gasteiger partial charge in [-0.25, -0.2) is 0 Å². The van der Waals surface area contributed by atoms with E-state index in [0.29, 0.717) is 0 Å². The molecule has 0 N–H and O–H groups in total. The lowest BCUT2D eigenvalue weighted by Crippen LogP contribution is -2.09. The molecule has 0 saturated heterocycles. The molecule has 55 heavy (non-hydrogen) atoms. The lowest BCUT2D eigenvalue weighted by Gasteiger charge is -2.26. The highest BCUT2D eigenvalue weighted by molar-refractivity contribution is 6.11. The van der Waals surface area contributed by atoms with Crippen molar-refractivity contribution >= 4 is 71.6 Å². The fraction of sp³-hybridized carbons (Fsp3) is 0. The molecule has 9 aromatic carbocycles. The van der Waals surface area contributed by atoms with E-state index in [1.165, 1.54) is 60.5 Å². The molecule has 0 radical (unpaired) electrons. The minimum atomic E-state index is 0.887. The molecule has 0 amide bonds. The Morgan fingerprint density at radius 1 is 0.327 bits per heavy atom. The van der Waals surface area contributed by atoms with E-state index in [0.717, 1.165) is 39.0 Å². The van der Waals surface area contributed by atoms with Crippen LogP contribution in [0.3, 0.4) is 0 Å². The van der Waals surface area contributed by atoms with Crippen LogP contribution >= 0.6 is 0 Å². The van der Waals surface area contributed by atoms with Crippen molar-refractivity contribution in [2.45, 2.75) is 0 Å². The third kappa shape index (κ3) is 5.28. The quantitative estimate of drug-likeness (QED) is 0.172. The minimum absolute atomic E-state index is 0.887. The van der Waals surface area contributed by atoms with Gasteiger partial charge >= 0.3 is 0 Å². The van der Waals surface area contributed by atoms with Gasteiger partial charge < -0.3 is 13.9 Å². The van der Waals surface area contributed by atoms with Gasteiger partial charge in [0, 0.05) is 44.3 Å². The van der Waals surface area contributed by atoms with Crippen LogP contribution in [-0.4, -0.2) is 4.57 Å². The Hall–Kier alpha value is -7.36. The number of aromatic nitrogens is 1. The molecule has 0 atom stereocenters. The molecular weight excluding hydrogens is 669 g/mol. The maximum Gasteiger partial charge on any atom is 0.135 e. The van der Waals surface area contributed by atoms with Gasteiger partial charge in [0.25, 0.3) is 0 Å². The molecule has 0 unspecified atom stereocenters. The van der Waals surface area contributed by atoms with Crippen molar-refractivity contribution in [3.63, 3.8) is 0 Å². The number of hydrogen-bond acceptors (Lipinski definition) is 2. The highest BCUT2D eigenvalue weighted by Gasteiger charge is 2.17. The van der Waals surface area contributed by atoms with E-state index >= 15 is 0 Å². The van der Waals surface area contributed by atoms with Gasteiger partial charge in [-0.15, -0.1) is 0 Å². The van der Waals surface area contributed by atoms with E-state index in [1.807, 2.05) is 12.1 Å². The van der Waals surface area contributed by atoms with Crippen molar-refractivity contribution in [1.82, 2.24) is 4.57 Å². The number of benzene rings is 9. The van der Waals surface area contributed by atoms with E-state index in [-0.39, 0.29) is 0 Å². The Morgan fingerprint density at radius 3 is 1.75 bits per heavy atom. The Bertz CT molecular complexity index is 3190. The maximum absolute atomic E-state index is 6.22. The number of rotatable bonds is 6. The molecular formula is C52H34N2O. The normalized spacial score (nSPS) is 11.6. The van der Waals surface area contributed by atoms with Crippen LogP contribution in [0.5, 0.6) is 0 Å². The number of para-hydroxylation sites is 3. The molecule has 3 heteroatoms. The number of hydrogen-bond donors (Lipinski definition) is 0. The summed E-state index contributed by atoms with van der Waals surface area (Å²) >= 11 is 0. The number of anilines is 3. The fourth-order valence-electron chi connectivity index (χ4n) is 8.29. The zero-order valence-electron chi connectivity index (χ0n) is 29.9. The Labute approximate surface area is 318 Å². The van der Waals surface area contributed by atoms with Crippen molar-refractivity contribution < 1.29 is 4.42 Å². The molecule has 11 rings (SSSR count). The van der Waals surface area contributed by atoms with Gasteiger partial charge in [-0.05, 0) is 118 Å². The van der Waals surface area contributed by atoms with Crippen LogP contribution in [-0.2, 0) is 0 Å². The standard InChI is InChI=1S/C52H34N2O/c1-3-11-35(12-4-1)36-21-25-42(26-22-36)53(44-28-30-52-48(34-44)46-16-8-10-18-51(46)55-52)43-27-23-38-31-37(19-20-39(38)32-43)40-24-29-50-47(33-40)45-15-7-9-17-49(45)54(50)41-13-5-2-6-14-41/h1-34H. The Morgan fingerprint density at radius 2 is 0.891 bits per heavy atom. The zero-order valence-corrected chi connectivity index (χ0v) is 29.9. The predicted octanol–water partition coefficient (Wildman–Crippen LogP) is 14.6. The molecule has 11 aromatic rings. The molecule has 0 saturated carbocycles. The summed E-state index contributed by atoms with van der Waals surface area (Å²) < 4.78 is 8.58. The van der Waals surface area contributed by atoms with Gasteiger partial charge in [0.2, 0.25) is 0 Å². The molecule has 3 nitrogen and oxygen atoms in total. The van der Waals surface area contributed by atoms with Crippen LogP contribution < -0.4 is 4.90 Å². The van der Waals surface area contributed by atoms with Crippen LogP contribution in [0.1, 0.15) is 0 Å². The molecule has 0 aliphatic carbocycles. The molecule has 2 heterocycles. The van der Waals surface area contributed by atoms with Crippen LogP contribution in [0, 0.1) is 0 Å². The molecule has 0 aliphatic rings. The van der Waals surface area contributed by atoms with Gasteiger partial charge in [0.05, 0.1) is 11.0 Å². The fourth-order valence-corrected chi connectivity index (χ4v) is 8.29. The summed E-state index contributed by atoms with van der Waals surface area (Å²) in [5.74, 6) is 0. The first-order chi connectivity index (χ1) is 27.2. The van der Waals surface area contributed by atoms with E-state index in [9.17, 15) is 0 Å². The Kier molecular flexibility index (Phi) is 7.17. The van der Waals surface area contributed by atoms with Gasteiger partial charge in [0.15, 0.2) is 0 Å². The molecule has 0 spiro atoms. The number of fused-ring (bicyclic) bond motifs is 7. The lowest BCUT2D eigenvalue weighted by atomic mass is 9.99. The molecule has 2 aromatic heterocycles. The second kappa shape index (κ2) is 12.6. The van der Waals surface area contributed by atoms with Crippen molar-refractivity contribution in [3.8, 4) is 27.9 Å². The van der Waals surface area contributed by atoms with E-state index < -0.39 is 0 Å². The highest BCUT2D eigenvalue weighted by atomic mass is 16.3. The monoisotopic (exact) mass is 702 g/mol. The van der Waals surface area contributed by atoms with E-state index in [1.54, 1.807) is 0 Å². The highest BCUT2D eigenvalue weighted by Crippen LogP contribution is 2.41. The summed E-state index contributed by atoms with van der Waals surface area (Å²) in [7, 11) is 0. The summed E-state index contributed by atoms with van der Waals surface area (Å²) in [6.07, 6.45) is 0. The summed E-state index contributed by atoms with van der Waals surface area (Å²) in [5.41, 5.74) is 13.4. The van der Waals surface area contributed by atoms with Crippen LogP contribution in [0.25, 0.3) is 82.5 Å². The molecule has 0 fully saturated rings. The molecule has 0 bridgehead atoms. The van der Waals surface area contributed by atoms with Gasteiger partial charge in [-0.1, -0.05) is 121 Å². The largest absolute Gasteiger partial charge is 0.456 e. The Balaban J connectivity index is 1.01. The van der Waals surface area contributed by atoms with Gasteiger partial charge in [-0.3, -0.25) is 0 Å². The first-order valence-corrected chi connectivity index (χ1v) is 18.7. The van der Waals surface area contributed by atoms with Crippen molar-refractivity contribution in [2.75, 3.05) is 4.90 Å². The predicted molar refractivity (Wildman–Crippen MR) is 231 cm³/mol. The first kappa shape index (κ1) is 31.2. The molecule has 258 valence electrons. The third-order valence-electron chi connectivity index (χ3n) is 11.0. The summed E-state index contributed by atoms with van der Waals surface area (Å²) in [5, 5.41) is 7.11. The van der Waals surface area contributed by atoms with Crippen molar-refractivity contribution in [3.05, 3.63) is 206 Å². The summed E-state index contributed by atoms with van der Waals surface area (Å²) in [6.45, 7) is 0. The number of furan rings is 1. The average molecular weight is 703 g/mol. The average Bonchev–Trinajstić information content (AvgIpc) is 3.80. The minimum Gasteiger partial charge on any atom is -0.456 e. The first-order valence-electron chi connectivity index (χ1n) is 18.7. The SMILES string of the molecule is c1ccc(-c2ccc(N(c3ccc4cc(-c5ccc6c(c5)c5ccccc5n6-c5ccccc5)ccc4c3)c3ccc4oc5ccccc5c4c3)cc2)cc1. The zero-order chi connectivity index (χ0) is 36.3. The van der Waals surface area contributed by atoms with Gasteiger partial charge in [-0.2, -0.15) is 0 Å². The second-order valence-corrected chi connectivity index (χ2v) is 14.2. The van der Waals surface area contributed by atoms with E-state index in [2.05, 4.69) is 204 Å². The van der Waals surface area contributed by atoms with Crippen LogP contribution in [0.4, 0.5) is 17.1 Å². The molecule has 0 aliphatic heterocycles. The number of nitrogens with zero attached hydrogens (tertiary/aromatic N) is 2.